The predicted octanol–water partition coefficient (Wildman–Crippen LogP) is 8.53. The number of rotatable bonds is 6. The number of hydrogen-bond donors (Lipinski definition) is 0. The second-order valence-corrected chi connectivity index (χ2v) is 10.1. The van der Waals surface area contributed by atoms with E-state index < -0.39 is 0 Å². The number of fused-ring (bicyclic) bond motifs is 1. The molecule has 0 heteroatoms. The molecule has 0 nitrogen and oxygen atoms in total. The van der Waals surface area contributed by atoms with Crippen LogP contribution in [0.1, 0.15) is 106 Å². The van der Waals surface area contributed by atoms with Gasteiger partial charge in [-0.1, -0.05) is 82.1 Å². The molecule has 0 amide bonds. The lowest BCUT2D eigenvalue weighted by Gasteiger charge is -2.42. The first-order valence-electron chi connectivity index (χ1n) is 13.0. The van der Waals surface area contributed by atoms with E-state index in [1.807, 2.05) is 0 Å². The van der Waals surface area contributed by atoms with Crippen LogP contribution in [0.15, 0.2) is 48.5 Å². The number of aryl methyl sites for hydroxylation is 1. The summed E-state index contributed by atoms with van der Waals surface area (Å²) in [6.45, 7) is 4.51. The molecule has 4 atom stereocenters. The maximum atomic E-state index is 3.35. The fourth-order valence-electron chi connectivity index (χ4n) is 6.04. The van der Waals surface area contributed by atoms with Crippen LogP contribution in [0.3, 0.4) is 0 Å². The molecule has 4 rings (SSSR count). The second kappa shape index (κ2) is 11.0. The lowest BCUT2D eigenvalue weighted by atomic mass is 9.63. The topological polar surface area (TPSA) is 0 Å². The minimum Gasteiger partial charge on any atom is -0.0654 e. The van der Waals surface area contributed by atoms with Gasteiger partial charge in [0, 0.05) is 11.1 Å². The van der Waals surface area contributed by atoms with Crippen LogP contribution in [0.5, 0.6) is 0 Å². The van der Waals surface area contributed by atoms with Crippen molar-refractivity contribution in [2.75, 3.05) is 0 Å². The molecule has 0 heterocycles. The molecule has 0 aromatic heterocycles. The van der Waals surface area contributed by atoms with Crippen molar-refractivity contribution in [3.05, 3.63) is 70.8 Å². The smallest absolute Gasteiger partial charge is 0.0249 e. The van der Waals surface area contributed by atoms with Gasteiger partial charge in [-0.05, 0) is 97.6 Å². The Kier molecular flexibility index (Phi) is 7.91. The van der Waals surface area contributed by atoms with Crippen molar-refractivity contribution in [3.8, 4) is 11.8 Å². The number of benzene rings is 2. The highest BCUT2D eigenvalue weighted by Crippen LogP contribution is 2.48. The summed E-state index contributed by atoms with van der Waals surface area (Å²) in [6.07, 6.45) is 15.6. The summed E-state index contributed by atoms with van der Waals surface area (Å²) >= 11 is 0. The van der Waals surface area contributed by atoms with Gasteiger partial charge < -0.3 is 0 Å². The summed E-state index contributed by atoms with van der Waals surface area (Å²) in [6, 6.07) is 17.8. The second-order valence-electron chi connectivity index (χ2n) is 10.1. The molecular formula is C31H40. The minimum absolute atomic E-state index is 0.765. The Balaban J connectivity index is 1.31. The summed E-state index contributed by atoms with van der Waals surface area (Å²) in [7, 11) is 0. The molecule has 2 aromatic carbocycles. The molecule has 2 aliphatic carbocycles. The molecule has 0 N–H and O–H groups in total. The fraction of sp³-hybridized carbons (Fsp3) is 0.548. The molecule has 4 unspecified atom stereocenters. The molecular weight excluding hydrogens is 372 g/mol. The summed E-state index contributed by atoms with van der Waals surface area (Å²) in [5, 5.41) is 0. The molecule has 2 fully saturated rings. The molecule has 0 aliphatic heterocycles. The van der Waals surface area contributed by atoms with Gasteiger partial charge in [0.1, 0.15) is 0 Å². The first kappa shape index (κ1) is 22.2. The molecule has 0 bridgehead atoms. The average molecular weight is 413 g/mol. The van der Waals surface area contributed by atoms with Gasteiger partial charge in [0.05, 0.1) is 0 Å². The molecule has 31 heavy (non-hydrogen) atoms. The zero-order chi connectivity index (χ0) is 21.5. The van der Waals surface area contributed by atoms with E-state index in [1.165, 1.54) is 69.8 Å². The Morgan fingerprint density at radius 2 is 1.35 bits per heavy atom. The van der Waals surface area contributed by atoms with Gasteiger partial charge in [-0.2, -0.15) is 0 Å². The third-order valence-corrected chi connectivity index (χ3v) is 8.03. The van der Waals surface area contributed by atoms with E-state index in [9.17, 15) is 0 Å². The molecule has 0 radical (unpaired) electrons. The normalized spacial score (nSPS) is 25.4. The van der Waals surface area contributed by atoms with E-state index in [0.717, 1.165) is 41.2 Å². The van der Waals surface area contributed by atoms with Crippen LogP contribution in [-0.4, -0.2) is 0 Å². The first-order valence-corrected chi connectivity index (χ1v) is 13.0. The van der Waals surface area contributed by atoms with E-state index >= 15 is 0 Å². The predicted molar refractivity (Wildman–Crippen MR) is 133 cm³/mol. The van der Waals surface area contributed by atoms with Crippen molar-refractivity contribution in [1.82, 2.24) is 0 Å². The van der Waals surface area contributed by atoms with Crippen molar-refractivity contribution in [1.29, 1.82) is 0 Å². The largest absolute Gasteiger partial charge is 0.0654 e. The van der Waals surface area contributed by atoms with Crippen LogP contribution >= 0.6 is 0 Å². The molecule has 2 aromatic rings. The Morgan fingerprint density at radius 1 is 0.710 bits per heavy atom. The monoisotopic (exact) mass is 412 g/mol. The van der Waals surface area contributed by atoms with Crippen LogP contribution < -0.4 is 0 Å². The summed E-state index contributed by atoms with van der Waals surface area (Å²) in [5.74, 6) is 10.5. The maximum absolute atomic E-state index is 3.35. The lowest BCUT2D eigenvalue weighted by molar-refractivity contribution is 0.113. The maximum Gasteiger partial charge on any atom is 0.0249 e. The van der Waals surface area contributed by atoms with Crippen molar-refractivity contribution < 1.29 is 0 Å². The first-order chi connectivity index (χ1) is 15.2. The van der Waals surface area contributed by atoms with Gasteiger partial charge in [0.15, 0.2) is 0 Å². The van der Waals surface area contributed by atoms with E-state index in [1.54, 1.807) is 5.56 Å². The third kappa shape index (κ3) is 6.04. The van der Waals surface area contributed by atoms with Gasteiger partial charge in [0.2, 0.25) is 0 Å². The van der Waals surface area contributed by atoms with Gasteiger partial charge in [0.25, 0.3) is 0 Å². The zero-order valence-electron chi connectivity index (χ0n) is 19.7. The molecule has 164 valence electrons. The molecule has 2 aliphatic rings. The molecule has 2 saturated carbocycles. The average Bonchev–Trinajstić information content (AvgIpc) is 2.83. The number of unbranched alkanes of at least 4 members (excludes halogenated alkanes) is 2. The highest BCUT2D eigenvalue weighted by Gasteiger charge is 2.35. The standard InChI is InChI=1S/C31H40/c1-3-5-6-7-27-16-19-31-23-30(21-20-29(31)22-27)28-17-14-26(15-18-28)13-12-25-10-8-24(4-2)9-11-25/h8-11,14-15,17-18,27,29-31H,3-7,16,19-23H2,1-2H3. The van der Waals surface area contributed by atoms with E-state index in [-0.39, 0.29) is 0 Å². The van der Waals surface area contributed by atoms with Crippen molar-refractivity contribution >= 4 is 0 Å². The van der Waals surface area contributed by atoms with Crippen LogP contribution in [0.25, 0.3) is 0 Å². The highest BCUT2D eigenvalue weighted by molar-refractivity contribution is 5.44. The van der Waals surface area contributed by atoms with E-state index in [0.29, 0.717) is 0 Å². The Labute approximate surface area is 190 Å². The SMILES string of the molecule is CCCCCC1CCC2CC(c3ccc(C#Cc4ccc(CC)cc4)cc3)CCC2C1. The molecule has 0 spiro atoms. The minimum atomic E-state index is 0.765. The Hall–Kier alpha value is -2.00. The van der Waals surface area contributed by atoms with Crippen LogP contribution in [0.2, 0.25) is 0 Å². The summed E-state index contributed by atoms with van der Waals surface area (Å²) in [4.78, 5) is 0. The van der Waals surface area contributed by atoms with Crippen molar-refractivity contribution in [2.45, 2.75) is 90.4 Å². The van der Waals surface area contributed by atoms with Gasteiger partial charge >= 0.3 is 0 Å². The Morgan fingerprint density at radius 3 is 2.03 bits per heavy atom. The van der Waals surface area contributed by atoms with E-state index in [4.69, 9.17) is 0 Å². The lowest BCUT2D eigenvalue weighted by Crippen LogP contribution is -2.30. The number of hydrogen-bond acceptors (Lipinski definition) is 0. The van der Waals surface area contributed by atoms with Gasteiger partial charge in [-0.15, -0.1) is 0 Å². The van der Waals surface area contributed by atoms with Crippen molar-refractivity contribution in [2.24, 2.45) is 17.8 Å². The third-order valence-electron chi connectivity index (χ3n) is 8.03. The van der Waals surface area contributed by atoms with Crippen LogP contribution in [-0.2, 0) is 6.42 Å². The van der Waals surface area contributed by atoms with Gasteiger partial charge in [-0.25, -0.2) is 0 Å². The van der Waals surface area contributed by atoms with Crippen LogP contribution in [0.4, 0.5) is 0 Å². The summed E-state index contributed by atoms with van der Waals surface area (Å²) < 4.78 is 0. The van der Waals surface area contributed by atoms with E-state index in [2.05, 4.69) is 74.2 Å². The summed E-state index contributed by atoms with van der Waals surface area (Å²) in [5.41, 5.74) is 5.14. The van der Waals surface area contributed by atoms with Gasteiger partial charge in [-0.3, -0.25) is 0 Å². The zero-order valence-corrected chi connectivity index (χ0v) is 19.7. The quantitative estimate of drug-likeness (QED) is 0.329. The fourth-order valence-corrected chi connectivity index (χ4v) is 6.04. The van der Waals surface area contributed by atoms with Crippen molar-refractivity contribution in [3.63, 3.8) is 0 Å². The Bertz CT molecular complexity index is 861. The molecule has 0 saturated heterocycles. The highest BCUT2D eigenvalue weighted by atomic mass is 14.4. The van der Waals surface area contributed by atoms with Crippen LogP contribution in [0, 0.1) is 29.6 Å².